The topological polar surface area (TPSA) is 121 Å². The van der Waals surface area contributed by atoms with Crippen molar-refractivity contribution in [2.45, 2.75) is 74.0 Å². The monoisotopic (exact) mass is 994 g/mol. The average molecular weight is 995 g/mol. The van der Waals surface area contributed by atoms with Crippen molar-refractivity contribution in [3.63, 3.8) is 0 Å². The Labute approximate surface area is 438 Å². The van der Waals surface area contributed by atoms with E-state index in [1.165, 1.54) is 22.2 Å². The predicted octanol–water partition coefficient (Wildman–Crippen LogP) is 15.9. The lowest BCUT2D eigenvalue weighted by Gasteiger charge is -2.22. The minimum absolute atomic E-state index is 0. The third-order valence-electron chi connectivity index (χ3n) is 13.1. The number of aromatic nitrogens is 2. The molecule has 0 atom stereocenters. The molecule has 0 fully saturated rings. The Morgan fingerprint density at radius 3 is 1.50 bits per heavy atom. The summed E-state index contributed by atoms with van der Waals surface area (Å²) in [6, 6.07) is 39.2. The first-order valence-corrected chi connectivity index (χ1v) is 24.4. The maximum atomic E-state index is 9.79. The van der Waals surface area contributed by atoms with Gasteiger partial charge in [0.1, 0.15) is 40.1 Å². The molecule has 5 aromatic heterocycles. The summed E-state index contributed by atoms with van der Waals surface area (Å²) >= 11 is 1.66. The second kappa shape index (κ2) is 21.8. The number of methoxy groups -OCH3 is 2. The highest BCUT2D eigenvalue weighted by Gasteiger charge is 2.39. The van der Waals surface area contributed by atoms with Crippen LogP contribution in [0.3, 0.4) is 0 Å². The third kappa shape index (κ3) is 10.1. The van der Waals surface area contributed by atoms with Crippen LogP contribution in [0.15, 0.2) is 167 Å². The number of allylic oxidation sites excluding steroid dienone is 3. The van der Waals surface area contributed by atoms with Crippen LogP contribution in [-0.2, 0) is 9.47 Å². The number of pyridine rings is 2. The number of hydrogen-bond donors (Lipinski definition) is 0. The molecule has 370 valence electrons. The molecule has 0 saturated carbocycles. The van der Waals surface area contributed by atoms with E-state index in [1.807, 2.05) is 101 Å². The molecule has 0 radical (unpaired) electrons. The van der Waals surface area contributed by atoms with Gasteiger partial charge in [-0.2, -0.15) is 15.8 Å². The van der Waals surface area contributed by atoms with Gasteiger partial charge in [-0.3, -0.25) is 0 Å². The number of thiophene rings is 1. The lowest BCUT2D eigenvalue weighted by molar-refractivity contribution is 0.0945. The van der Waals surface area contributed by atoms with Crippen LogP contribution in [0.5, 0.6) is 11.5 Å². The highest BCUT2D eigenvalue weighted by molar-refractivity contribution is 7.13. The first kappa shape index (κ1) is 52.8. The number of rotatable bonds is 10. The lowest BCUT2D eigenvalue weighted by Crippen LogP contribution is -2.20. The smallest absolute Gasteiger partial charge is 0.236 e. The molecule has 7 aromatic rings. The number of hydrogen-bond acceptors (Lipinski definition) is 8. The largest absolute Gasteiger partial charge is 0.497 e. The molecule has 0 amide bonds. The zero-order valence-corrected chi connectivity index (χ0v) is 43.4. The Hall–Kier alpha value is -9.00. The van der Waals surface area contributed by atoms with E-state index in [2.05, 4.69) is 119 Å². The minimum atomic E-state index is -0.716. The zero-order chi connectivity index (χ0) is 52.2. The summed E-state index contributed by atoms with van der Waals surface area (Å²) in [5.74, 6) is 2.37. The Bertz CT molecular complexity index is 3720. The second-order valence-electron chi connectivity index (χ2n) is 18.5. The van der Waals surface area contributed by atoms with Crippen LogP contribution in [0.1, 0.15) is 81.2 Å². The molecule has 0 unspecified atom stereocenters. The van der Waals surface area contributed by atoms with Gasteiger partial charge in [0.2, 0.25) is 5.70 Å². The Morgan fingerprint density at radius 1 is 0.608 bits per heavy atom. The highest BCUT2D eigenvalue weighted by atomic mass is 32.1. The summed E-state index contributed by atoms with van der Waals surface area (Å²) in [5.41, 5.74) is 13.1. The van der Waals surface area contributed by atoms with Gasteiger partial charge in [0.25, 0.3) is 0 Å². The molecule has 2 aliphatic rings. The fraction of sp³-hybridized carbons (Fsp3) is 0.206. The zero-order valence-electron chi connectivity index (χ0n) is 42.6. The molecule has 2 aliphatic heterocycles. The molecule has 7 heterocycles. The number of ether oxygens (including phenoxy) is 4. The Morgan fingerprint density at radius 2 is 1.04 bits per heavy atom. The third-order valence-corrected chi connectivity index (χ3v) is 14.1. The van der Waals surface area contributed by atoms with Crippen molar-refractivity contribution in [2.75, 3.05) is 14.2 Å². The van der Waals surface area contributed by atoms with Crippen molar-refractivity contribution in [3.05, 3.63) is 210 Å². The van der Waals surface area contributed by atoms with Crippen LogP contribution >= 0.6 is 11.3 Å². The average Bonchev–Trinajstić information content (AvgIpc) is 4.18. The molecule has 11 heteroatoms. The number of aryl methyl sites for hydroxylation is 2. The summed E-state index contributed by atoms with van der Waals surface area (Å²) in [4.78, 5) is 5.89. The summed E-state index contributed by atoms with van der Waals surface area (Å²) in [6.45, 7) is 23.0. The first-order chi connectivity index (χ1) is 35.1. The maximum absolute atomic E-state index is 9.79. The SMILES string of the molecule is C.COc1ccc(-c2c(C)c3ccccn3c2/C=C/c2ccc(/C=C/C3=C(C#N)C(=C(/C)C#N)/OC3(C)C)s2)cc1.[C-]#[N+]C1=C(/C=C/c2c(-c3ccc(OC)cc3)c(C)c3ccccn23)C(C)(C)O/C1=C(\C)C#N. The van der Waals surface area contributed by atoms with Crippen molar-refractivity contribution in [1.29, 1.82) is 15.8 Å². The van der Waals surface area contributed by atoms with Gasteiger partial charge in [0.05, 0.1) is 55.5 Å². The first-order valence-electron chi connectivity index (χ1n) is 23.6. The predicted molar refractivity (Wildman–Crippen MR) is 300 cm³/mol. The fourth-order valence-electron chi connectivity index (χ4n) is 9.36. The van der Waals surface area contributed by atoms with E-state index in [-0.39, 0.29) is 7.43 Å². The molecule has 0 aliphatic carbocycles. The quantitative estimate of drug-likeness (QED) is 0.0988. The molecule has 74 heavy (non-hydrogen) atoms. The molecule has 0 N–H and O–H groups in total. The van der Waals surface area contributed by atoms with Gasteiger partial charge in [-0.15, -0.1) is 11.3 Å². The van der Waals surface area contributed by atoms with Gasteiger partial charge in [-0.25, -0.2) is 4.85 Å². The number of fused-ring (bicyclic) bond motifs is 2. The van der Waals surface area contributed by atoms with Crippen molar-refractivity contribution >= 4 is 46.7 Å². The summed E-state index contributed by atoms with van der Waals surface area (Å²) in [5, 5.41) is 28.5. The normalized spacial score (nSPS) is 16.0. The van der Waals surface area contributed by atoms with E-state index in [0.717, 1.165) is 66.0 Å². The van der Waals surface area contributed by atoms with E-state index in [1.54, 1.807) is 39.4 Å². The van der Waals surface area contributed by atoms with Gasteiger partial charge in [0, 0.05) is 55.5 Å². The summed E-state index contributed by atoms with van der Waals surface area (Å²) in [6.07, 6.45) is 16.4. The second-order valence-corrected chi connectivity index (χ2v) is 19.7. The van der Waals surface area contributed by atoms with Crippen LogP contribution in [0.2, 0.25) is 0 Å². The lowest BCUT2D eigenvalue weighted by atomic mass is 9.94. The summed E-state index contributed by atoms with van der Waals surface area (Å²) in [7, 11) is 3.34. The van der Waals surface area contributed by atoms with Crippen LogP contribution in [0.25, 0.3) is 62.4 Å². The molecule has 0 saturated heterocycles. The maximum Gasteiger partial charge on any atom is 0.236 e. The van der Waals surface area contributed by atoms with Crippen molar-refractivity contribution in [2.24, 2.45) is 0 Å². The fourth-order valence-corrected chi connectivity index (χ4v) is 10.2. The number of nitriles is 3. The molecular weight excluding hydrogens is 937 g/mol. The Balaban J connectivity index is 0.000000217. The van der Waals surface area contributed by atoms with Crippen LogP contribution in [0.4, 0.5) is 0 Å². The van der Waals surface area contributed by atoms with E-state index in [9.17, 15) is 15.8 Å². The standard InChI is InChI=1S/C34H29N3O2S.C28H25N3O2.CH4/c1-22(20-35)33-28(21-36)29(34(3,4)39-33)17-15-26-13-14-27(40-26)16-18-31-32(24-9-11-25(38-5)12-10-24)23(2)30-8-6-7-19-37(30)31;1-18(17-29)27-26(30-5)22(28(3,4)33-27)14-15-24-25(20-10-12-21(32-6)13-11-20)19(2)23-9-7-8-16-31(23)24;/h6-19H,1-5H3;7-16H,1-4,6H3;1H4/b17-15+,18-16+,33-22+;15-14+,27-18+;. The molecule has 0 bridgehead atoms. The molecular formula is C63H58N6O4S. The highest BCUT2D eigenvalue weighted by Crippen LogP contribution is 2.44. The van der Waals surface area contributed by atoms with Crippen molar-refractivity contribution in [1.82, 2.24) is 8.80 Å². The number of nitrogens with zero attached hydrogens (tertiary/aromatic N) is 6. The molecule has 10 nitrogen and oxygen atoms in total. The molecule has 0 spiro atoms. The number of benzene rings is 2. The molecule has 9 rings (SSSR count). The van der Waals surface area contributed by atoms with Gasteiger partial charge in [0.15, 0.2) is 5.76 Å². The van der Waals surface area contributed by atoms with Crippen molar-refractivity contribution in [3.8, 4) is 52.0 Å². The van der Waals surface area contributed by atoms with Gasteiger partial charge in [-0.05, 0) is 163 Å². The van der Waals surface area contributed by atoms with Crippen LogP contribution < -0.4 is 9.47 Å². The van der Waals surface area contributed by atoms with E-state index in [4.69, 9.17) is 25.5 Å². The minimum Gasteiger partial charge on any atom is -0.497 e. The van der Waals surface area contributed by atoms with Crippen LogP contribution in [0, 0.1) is 54.4 Å². The summed E-state index contributed by atoms with van der Waals surface area (Å²) < 4.78 is 27.1. The van der Waals surface area contributed by atoms with E-state index < -0.39 is 11.2 Å². The van der Waals surface area contributed by atoms with E-state index in [0.29, 0.717) is 33.9 Å². The Kier molecular flexibility index (Phi) is 15.5. The van der Waals surface area contributed by atoms with E-state index >= 15 is 0 Å². The van der Waals surface area contributed by atoms with Crippen LogP contribution in [-0.4, -0.2) is 34.2 Å². The van der Waals surface area contributed by atoms with Gasteiger partial charge >= 0.3 is 0 Å². The van der Waals surface area contributed by atoms with Gasteiger partial charge < -0.3 is 27.7 Å². The molecule has 2 aromatic carbocycles. The van der Waals surface area contributed by atoms with Gasteiger partial charge in [-0.1, -0.05) is 56.0 Å². The van der Waals surface area contributed by atoms with Crippen molar-refractivity contribution < 1.29 is 18.9 Å².